The van der Waals surface area contributed by atoms with Crippen LogP contribution in [-0.4, -0.2) is 22.2 Å². The van der Waals surface area contributed by atoms with Gasteiger partial charge in [0.1, 0.15) is 0 Å². The molecule has 0 amide bonds. The van der Waals surface area contributed by atoms with Crippen LogP contribution in [0.15, 0.2) is 0 Å². The lowest BCUT2D eigenvalue weighted by atomic mass is 9.42. The second-order valence-corrected chi connectivity index (χ2v) is 8.28. The molecule has 2 aliphatic rings. The molecule has 0 aromatic carbocycles. The molecule has 0 aromatic heterocycles. The summed E-state index contributed by atoms with van der Waals surface area (Å²) < 4.78 is 0. The third-order valence-corrected chi connectivity index (χ3v) is 6.46. The van der Waals surface area contributed by atoms with Gasteiger partial charge in [-0.1, -0.05) is 52.9 Å². The molecule has 2 aliphatic carbocycles. The molecule has 0 spiro atoms. The summed E-state index contributed by atoms with van der Waals surface area (Å²) in [6.45, 7) is 5.73. The Kier molecular flexibility index (Phi) is 4.61. The van der Waals surface area contributed by atoms with Crippen molar-refractivity contribution in [1.29, 1.82) is 0 Å². The van der Waals surface area contributed by atoms with Gasteiger partial charge in [0.25, 0.3) is 0 Å². The highest BCUT2D eigenvalue weighted by molar-refractivity contribution is 5.88. The Balaban J connectivity index is 2.65. The van der Waals surface area contributed by atoms with Crippen molar-refractivity contribution in [3.8, 4) is 0 Å². The Labute approximate surface area is 133 Å². The molecular formula is C18H30O4. The van der Waals surface area contributed by atoms with Crippen molar-refractivity contribution in [2.75, 3.05) is 0 Å². The van der Waals surface area contributed by atoms with E-state index in [4.69, 9.17) is 0 Å². The molecule has 2 fully saturated rings. The zero-order valence-electron chi connectivity index (χ0n) is 14.2. The second-order valence-electron chi connectivity index (χ2n) is 8.28. The lowest BCUT2D eigenvalue weighted by molar-refractivity contribution is -0.205. The van der Waals surface area contributed by atoms with Crippen molar-refractivity contribution < 1.29 is 19.8 Å². The largest absolute Gasteiger partial charge is 0.481 e. The fourth-order valence-corrected chi connectivity index (χ4v) is 5.51. The summed E-state index contributed by atoms with van der Waals surface area (Å²) in [5, 5.41) is 20.4. The van der Waals surface area contributed by atoms with Crippen LogP contribution < -0.4 is 0 Å². The van der Waals surface area contributed by atoms with Crippen molar-refractivity contribution in [3.05, 3.63) is 0 Å². The summed E-state index contributed by atoms with van der Waals surface area (Å²) in [7, 11) is 0. The van der Waals surface area contributed by atoms with Gasteiger partial charge in [0.05, 0.1) is 10.8 Å². The summed E-state index contributed by atoms with van der Waals surface area (Å²) in [5.41, 5.74) is -2.86. The second kappa shape index (κ2) is 5.86. The number of carboxylic acid groups (broad SMARTS) is 2. The molecule has 126 valence electrons. The van der Waals surface area contributed by atoms with Crippen molar-refractivity contribution in [2.45, 2.75) is 78.6 Å². The fraction of sp³-hybridized carbons (Fsp3) is 0.889. The predicted molar refractivity (Wildman–Crippen MR) is 84.6 cm³/mol. The Bertz CT molecular complexity index is 444. The van der Waals surface area contributed by atoms with Crippen LogP contribution in [-0.2, 0) is 9.59 Å². The Morgan fingerprint density at radius 1 is 0.864 bits per heavy atom. The molecule has 0 saturated heterocycles. The van der Waals surface area contributed by atoms with Gasteiger partial charge >= 0.3 is 11.9 Å². The predicted octanol–water partition coefficient (Wildman–Crippen LogP) is 4.33. The Hall–Kier alpha value is -1.06. The average molecular weight is 310 g/mol. The third-order valence-electron chi connectivity index (χ3n) is 6.46. The van der Waals surface area contributed by atoms with Gasteiger partial charge in [-0.3, -0.25) is 9.59 Å². The third kappa shape index (κ3) is 2.26. The summed E-state index contributed by atoms with van der Waals surface area (Å²) in [5.74, 6) is -1.79. The molecule has 0 bridgehead atoms. The molecule has 0 aliphatic heterocycles. The first-order valence-electron chi connectivity index (χ1n) is 8.67. The van der Waals surface area contributed by atoms with E-state index in [9.17, 15) is 19.8 Å². The van der Waals surface area contributed by atoms with Gasteiger partial charge < -0.3 is 10.2 Å². The fourth-order valence-electron chi connectivity index (χ4n) is 5.51. The number of hydrogen-bond donors (Lipinski definition) is 2. The maximum Gasteiger partial charge on any atom is 0.311 e. The summed E-state index contributed by atoms with van der Waals surface area (Å²) in [4.78, 5) is 24.9. The van der Waals surface area contributed by atoms with Gasteiger partial charge in [0.15, 0.2) is 0 Å². The van der Waals surface area contributed by atoms with Crippen LogP contribution in [0.5, 0.6) is 0 Å². The Morgan fingerprint density at radius 2 is 1.41 bits per heavy atom. The van der Waals surface area contributed by atoms with Gasteiger partial charge in [-0.15, -0.1) is 0 Å². The van der Waals surface area contributed by atoms with E-state index in [1.54, 1.807) is 0 Å². The van der Waals surface area contributed by atoms with E-state index in [0.29, 0.717) is 12.8 Å². The van der Waals surface area contributed by atoms with Crippen LogP contribution in [0.25, 0.3) is 0 Å². The van der Waals surface area contributed by atoms with Gasteiger partial charge in [-0.2, -0.15) is 0 Å². The molecule has 0 heterocycles. The summed E-state index contributed by atoms with van der Waals surface area (Å²) >= 11 is 0. The number of carboxylic acids is 2. The molecular weight excluding hydrogens is 280 g/mol. The van der Waals surface area contributed by atoms with Crippen LogP contribution in [0, 0.1) is 22.2 Å². The first-order chi connectivity index (χ1) is 10.2. The van der Waals surface area contributed by atoms with Crippen molar-refractivity contribution >= 4 is 11.9 Å². The molecule has 4 nitrogen and oxygen atoms in total. The van der Waals surface area contributed by atoms with Gasteiger partial charge in [0, 0.05) is 0 Å². The van der Waals surface area contributed by atoms with Gasteiger partial charge in [0.2, 0.25) is 0 Å². The number of aliphatic carboxylic acids is 2. The van der Waals surface area contributed by atoms with Crippen LogP contribution in [0.4, 0.5) is 0 Å². The minimum Gasteiger partial charge on any atom is -0.481 e. The van der Waals surface area contributed by atoms with Crippen LogP contribution in [0.1, 0.15) is 78.6 Å². The molecule has 2 unspecified atom stereocenters. The first-order valence-corrected chi connectivity index (χ1v) is 8.67. The highest BCUT2D eigenvalue weighted by atomic mass is 16.4. The molecule has 2 N–H and O–H groups in total. The maximum atomic E-state index is 12.5. The van der Waals surface area contributed by atoms with Crippen LogP contribution >= 0.6 is 0 Å². The normalized spacial score (nSPS) is 34.3. The minimum absolute atomic E-state index is 0.00521. The molecule has 2 saturated carbocycles. The molecule has 4 heteroatoms. The highest BCUT2D eigenvalue weighted by Crippen LogP contribution is 2.65. The van der Waals surface area contributed by atoms with E-state index in [2.05, 4.69) is 0 Å². The molecule has 22 heavy (non-hydrogen) atoms. The van der Waals surface area contributed by atoms with E-state index in [1.807, 2.05) is 20.8 Å². The minimum atomic E-state index is -1.17. The molecule has 2 atom stereocenters. The summed E-state index contributed by atoms with van der Waals surface area (Å²) in [6.07, 6.45) is 7.54. The number of hydrogen-bond acceptors (Lipinski definition) is 2. The van der Waals surface area contributed by atoms with Crippen LogP contribution in [0.3, 0.4) is 0 Å². The highest BCUT2D eigenvalue weighted by Gasteiger charge is 2.69. The average Bonchev–Trinajstić information content (AvgIpc) is 2.46. The molecule has 2 rings (SSSR count). The zero-order chi connectivity index (χ0) is 16.6. The first kappa shape index (κ1) is 17.3. The van der Waals surface area contributed by atoms with E-state index >= 15 is 0 Å². The monoisotopic (exact) mass is 310 g/mol. The van der Waals surface area contributed by atoms with Crippen molar-refractivity contribution in [2.24, 2.45) is 22.2 Å². The topological polar surface area (TPSA) is 74.6 Å². The lowest BCUT2D eigenvalue weighted by Crippen LogP contribution is -2.63. The van der Waals surface area contributed by atoms with E-state index in [-0.39, 0.29) is 5.92 Å². The SMILES string of the molecule is CC(C)(C)C1(C(=O)O)CCCCC1(C(=O)O)C1CCCCC1. The van der Waals surface area contributed by atoms with Crippen LogP contribution in [0.2, 0.25) is 0 Å². The maximum absolute atomic E-state index is 12.5. The van der Waals surface area contributed by atoms with E-state index in [1.165, 1.54) is 0 Å². The summed E-state index contributed by atoms with van der Waals surface area (Å²) in [6, 6.07) is 0. The van der Waals surface area contributed by atoms with Gasteiger partial charge in [-0.05, 0) is 37.0 Å². The standard InChI is InChI=1S/C18H30O4/c1-16(2,3)18(15(21)22)12-8-7-11-17(18,14(19)20)13-9-5-4-6-10-13/h13H,4-12H2,1-3H3,(H,19,20)(H,21,22). The molecule has 0 radical (unpaired) electrons. The number of carbonyl (C=O) groups is 2. The van der Waals surface area contributed by atoms with Crippen molar-refractivity contribution in [3.63, 3.8) is 0 Å². The van der Waals surface area contributed by atoms with E-state index < -0.39 is 28.2 Å². The van der Waals surface area contributed by atoms with Gasteiger partial charge in [-0.25, -0.2) is 0 Å². The Morgan fingerprint density at radius 3 is 1.86 bits per heavy atom. The quantitative estimate of drug-likeness (QED) is 0.813. The van der Waals surface area contributed by atoms with Crippen molar-refractivity contribution in [1.82, 2.24) is 0 Å². The molecule has 0 aromatic rings. The lowest BCUT2D eigenvalue weighted by Gasteiger charge is -2.58. The number of rotatable bonds is 3. The zero-order valence-corrected chi connectivity index (χ0v) is 14.2. The smallest absolute Gasteiger partial charge is 0.311 e. The van der Waals surface area contributed by atoms with E-state index in [0.717, 1.165) is 44.9 Å².